The summed E-state index contributed by atoms with van der Waals surface area (Å²) >= 11 is 17.9. The van der Waals surface area contributed by atoms with Crippen LogP contribution in [0.4, 0.5) is 4.39 Å². The highest BCUT2D eigenvalue weighted by Gasteiger charge is 2.12. The van der Waals surface area contributed by atoms with Gasteiger partial charge in [0.05, 0.1) is 10.0 Å². The fourth-order valence-electron chi connectivity index (χ4n) is 1.59. The normalized spacial score (nSPS) is 10.6. The van der Waals surface area contributed by atoms with Crippen molar-refractivity contribution in [3.63, 3.8) is 0 Å². The lowest BCUT2D eigenvalue weighted by atomic mass is 10.0. The summed E-state index contributed by atoms with van der Waals surface area (Å²) in [6, 6.07) is 8.05. The van der Waals surface area contributed by atoms with Crippen molar-refractivity contribution in [1.29, 1.82) is 0 Å². The first kappa shape index (κ1) is 12.7. The first-order valence-corrected chi connectivity index (χ1v) is 6.03. The van der Waals surface area contributed by atoms with Gasteiger partial charge in [-0.05, 0) is 30.7 Å². The van der Waals surface area contributed by atoms with Crippen LogP contribution in [-0.4, -0.2) is 0 Å². The van der Waals surface area contributed by atoms with Gasteiger partial charge < -0.3 is 0 Å². The maximum Gasteiger partial charge on any atom is 0.131 e. The van der Waals surface area contributed by atoms with Crippen LogP contribution >= 0.6 is 34.8 Å². The molecule has 0 fully saturated rings. The summed E-state index contributed by atoms with van der Waals surface area (Å²) in [6.45, 7) is 1.82. The van der Waals surface area contributed by atoms with Crippen LogP contribution in [0, 0.1) is 12.7 Å². The average Bonchev–Trinajstić information content (AvgIpc) is 2.24. The minimum absolute atomic E-state index is 0.304. The van der Waals surface area contributed by atoms with Crippen molar-refractivity contribution in [3.05, 3.63) is 56.8 Å². The molecule has 0 N–H and O–H groups in total. The Balaban J connectivity index is 2.68. The molecule has 0 aliphatic carbocycles. The van der Waals surface area contributed by atoms with Crippen LogP contribution < -0.4 is 0 Å². The Morgan fingerprint density at radius 1 is 0.941 bits per heavy atom. The van der Waals surface area contributed by atoms with E-state index in [9.17, 15) is 4.39 Å². The molecule has 0 heterocycles. The molecule has 0 aromatic heterocycles. The minimum Gasteiger partial charge on any atom is -0.206 e. The first-order chi connectivity index (χ1) is 7.99. The van der Waals surface area contributed by atoms with Gasteiger partial charge >= 0.3 is 0 Å². The van der Waals surface area contributed by atoms with Crippen LogP contribution in [-0.2, 0) is 0 Å². The number of rotatable bonds is 1. The standard InChI is InChI=1S/C13H8Cl3F/c1-7-2-3-9(12(17)4-7)10-5-8(14)6-11(15)13(10)16/h2-6H,1H3. The van der Waals surface area contributed by atoms with Crippen molar-refractivity contribution in [3.8, 4) is 11.1 Å². The third-order valence-electron chi connectivity index (χ3n) is 2.41. The number of hydrogen-bond donors (Lipinski definition) is 0. The molecule has 0 bridgehead atoms. The van der Waals surface area contributed by atoms with E-state index in [-0.39, 0.29) is 5.82 Å². The number of hydrogen-bond acceptors (Lipinski definition) is 0. The third kappa shape index (κ3) is 2.57. The van der Waals surface area contributed by atoms with E-state index < -0.39 is 0 Å². The van der Waals surface area contributed by atoms with E-state index in [0.717, 1.165) is 5.56 Å². The number of aryl methyl sites for hydroxylation is 1. The second kappa shape index (κ2) is 4.85. The monoisotopic (exact) mass is 288 g/mol. The number of benzene rings is 2. The van der Waals surface area contributed by atoms with E-state index in [1.807, 2.05) is 13.0 Å². The highest BCUT2D eigenvalue weighted by Crippen LogP contribution is 2.37. The van der Waals surface area contributed by atoms with Crippen molar-refractivity contribution in [2.45, 2.75) is 6.92 Å². The van der Waals surface area contributed by atoms with Crippen LogP contribution in [0.25, 0.3) is 11.1 Å². The van der Waals surface area contributed by atoms with Gasteiger partial charge in [-0.2, -0.15) is 0 Å². The van der Waals surface area contributed by atoms with Gasteiger partial charge in [0.1, 0.15) is 5.82 Å². The van der Waals surface area contributed by atoms with E-state index in [1.54, 1.807) is 12.1 Å². The molecule has 0 atom stereocenters. The third-order valence-corrected chi connectivity index (χ3v) is 3.43. The summed E-state index contributed by atoms with van der Waals surface area (Å²) in [7, 11) is 0. The van der Waals surface area contributed by atoms with Gasteiger partial charge in [-0.1, -0.05) is 46.9 Å². The molecule has 0 nitrogen and oxygen atoms in total. The lowest BCUT2D eigenvalue weighted by Crippen LogP contribution is -1.87. The summed E-state index contributed by atoms with van der Waals surface area (Å²) in [4.78, 5) is 0. The first-order valence-electron chi connectivity index (χ1n) is 4.90. The fraction of sp³-hybridized carbons (Fsp3) is 0.0769. The summed E-state index contributed by atoms with van der Waals surface area (Å²) in [5, 5.41) is 1.04. The van der Waals surface area contributed by atoms with E-state index in [2.05, 4.69) is 0 Å². The van der Waals surface area contributed by atoms with Crippen molar-refractivity contribution < 1.29 is 4.39 Å². The average molecular weight is 290 g/mol. The summed E-state index contributed by atoms with van der Waals surface area (Å²) < 4.78 is 13.8. The van der Waals surface area contributed by atoms with Gasteiger partial charge in [0, 0.05) is 16.1 Å². The van der Waals surface area contributed by atoms with Gasteiger partial charge in [-0.25, -0.2) is 4.39 Å². The second-order valence-corrected chi connectivity index (χ2v) is 4.95. The maximum atomic E-state index is 13.8. The number of halogens is 4. The zero-order valence-corrected chi connectivity index (χ0v) is 11.2. The van der Waals surface area contributed by atoms with E-state index in [1.165, 1.54) is 12.1 Å². The van der Waals surface area contributed by atoms with Gasteiger partial charge in [-0.3, -0.25) is 0 Å². The highest BCUT2D eigenvalue weighted by molar-refractivity contribution is 6.45. The van der Waals surface area contributed by atoms with Crippen LogP contribution in [0.15, 0.2) is 30.3 Å². The SMILES string of the molecule is Cc1ccc(-c2cc(Cl)cc(Cl)c2Cl)c(F)c1. The summed E-state index contributed by atoms with van der Waals surface area (Å²) in [6.07, 6.45) is 0. The molecule has 0 spiro atoms. The van der Waals surface area contributed by atoms with Gasteiger partial charge in [0.2, 0.25) is 0 Å². The minimum atomic E-state index is -0.342. The van der Waals surface area contributed by atoms with E-state index >= 15 is 0 Å². The fourth-order valence-corrected chi connectivity index (χ4v) is 2.29. The molecule has 0 saturated carbocycles. The molecular formula is C13H8Cl3F. The molecule has 88 valence electrons. The quantitative estimate of drug-likeness (QED) is 0.585. The predicted molar refractivity (Wildman–Crippen MR) is 71.6 cm³/mol. The molecule has 0 unspecified atom stereocenters. The molecule has 2 rings (SSSR count). The molecule has 0 aliphatic rings. The molecule has 0 radical (unpaired) electrons. The lowest BCUT2D eigenvalue weighted by Gasteiger charge is -2.09. The Labute approximate surface area is 114 Å². The Morgan fingerprint density at radius 3 is 2.29 bits per heavy atom. The Bertz CT molecular complexity index is 579. The van der Waals surface area contributed by atoms with Crippen molar-refractivity contribution in [1.82, 2.24) is 0 Å². The molecule has 17 heavy (non-hydrogen) atoms. The molecular weight excluding hydrogens is 282 g/mol. The lowest BCUT2D eigenvalue weighted by molar-refractivity contribution is 0.630. The Kier molecular flexibility index (Phi) is 3.62. The zero-order valence-electron chi connectivity index (χ0n) is 8.90. The molecule has 0 aliphatic heterocycles. The van der Waals surface area contributed by atoms with Crippen LogP contribution in [0.1, 0.15) is 5.56 Å². The molecule has 2 aromatic rings. The van der Waals surface area contributed by atoms with E-state index in [4.69, 9.17) is 34.8 Å². The van der Waals surface area contributed by atoms with Crippen molar-refractivity contribution in [2.24, 2.45) is 0 Å². The Morgan fingerprint density at radius 2 is 1.65 bits per heavy atom. The summed E-state index contributed by atoms with van der Waals surface area (Å²) in [5.74, 6) is -0.342. The Hall–Kier alpha value is -0.760. The topological polar surface area (TPSA) is 0 Å². The van der Waals surface area contributed by atoms with Crippen LogP contribution in [0.5, 0.6) is 0 Å². The predicted octanol–water partition coefficient (Wildman–Crippen LogP) is 5.76. The van der Waals surface area contributed by atoms with Gasteiger partial charge in [-0.15, -0.1) is 0 Å². The maximum absolute atomic E-state index is 13.8. The van der Waals surface area contributed by atoms with Crippen molar-refractivity contribution >= 4 is 34.8 Å². The molecule has 2 aromatic carbocycles. The summed E-state index contributed by atoms with van der Waals surface area (Å²) in [5.41, 5.74) is 1.74. The largest absolute Gasteiger partial charge is 0.206 e. The van der Waals surface area contributed by atoms with Crippen molar-refractivity contribution in [2.75, 3.05) is 0 Å². The van der Waals surface area contributed by atoms with Crippen LogP contribution in [0.2, 0.25) is 15.1 Å². The molecule has 0 saturated heterocycles. The molecule has 0 amide bonds. The van der Waals surface area contributed by atoms with Gasteiger partial charge in [0.15, 0.2) is 0 Å². The zero-order chi connectivity index (χ0) is 12.6. The van der Waals surface area contributed by atoms with Crippen LogP contribution in [0.3, 0.4) is 0 Å². The van der Waals surface area contributed by atoms with E-state index in [0.29, 0.717) is 26.2 Å². The molecule has 4 heteroatoms. The highest BCUT2D eigenvalue weighted by atomic mass is 35.5. The van der Waals surface area contributed by atoms with Gasteiger partial charge in [0.25, 0.3) is 0 Å². The second-order valence-electron chi connectivity index (χ2n) is 3.73. The smallest absolute Gasteiger partial charge is 0.131 e.